The molecular formula is C20H21N3O4. The molecule has 0 bridgehead atoms. The van der Waals surface area contributed by atoms with E-state index in [1.54, 1.807) is 24.3 Å². The minimum Gasteiger partial charge on any atom is -0.486 e. The molecule has 1 fully saturated rings. The van der Waals surface area contributed by atoms with Crippen LogP contribution in [0.25, 0.3) is 0 Å². The van der Waals surface area contributed by atoms with Crippen LogP contribution in [0.4, 0.5) is 17.1 Å². The van der Waals surface area contributed by atoms with Crippen molar-refractivity contribution in [1.82, 2.24) is 0 Å². The number of anilines is 3. The maximum Gasteiger partial charge on any atom is 0.257 e. The summed E-state index contributed by atoms with van der Waals surface area (Å²) in [6.45, 7) is 3.08. The lowest BCUT2D eigenvalue weighted by molar-refractivity contribution is -0.116. The number of nitrogens with one attached hydrogen (secondary N) is 3. The van der Waals surface area contributed by atoms with E-state index in [-0.39, 0.29) is 24.0 Å². The molecule has 0 saturated carbocycles. The lowest BCUT2D eigenvalue weighted by atomic mass is 10.1. The molecule has 2 amide bonds. The summed E-state index contributed by atoms with van der Waals surface area (Å²) in [7, 11) is 0. The average molecular weight is 367 g/mol. The van der Waals surface area contributed by atoms with E-state index in [9.17, 15) is 9.59 Å². The maximum atomic E-state index is 12.9. The summed E-state index contributed by atoms with van der Waals surface area (Å²) in [6, 6.07) is 12.5. The van der Waals surface area contributed by atoms with E-state index < -0.39 is 0 Å². The maximum absolute atomic E-state index is 12.9. The van der Waals surface area contributed by atoms with E-state index in [1.165, 1.54) is 0 Å². The van der Waals surface area contributed by atoms with Crippen LogP contribution in [0, 0.1) is 0 Å². The van der Waals surface area contributed by atoms with Crippen molar-refractivity contribution in [2.24, 2.45) is 0 Å². The first-order valence-corrected chi connectivity index (χ1v) is 8.94. The molecule has 3 N–H and O–H groups in total. The zero-order valence-corrected chi connectivity index (χ0v) is 15.0. The fourth-order valence-electron chi connectivity index (χ4n) is 3.10. The largest absolute Gasteiger partial charge is 0.486 e. The quantitative estimate of drug-likeness (QED) is 0.773. The molecule has 2 heterocycles. The Labute approximate surface area is 157 Å². The normalized spacial score (nSPS) is 19.0. The molecule has 1 saturated heterocycles. The molecular weight excluding hydrogens is 346 g/mol. The van der Waals surface area contributed by atoms with Gasteiger partial charge in [-0.25, -0.2) is 0 Å². The second-order valence-corrected chi connectivity index (χ2v) is 6.79. The molecule has 2 aromatic carbocycles. The van der Waals surface area contributed by atoms with Crippen LogP contribution >= 0.6 is 0 Å². The number of amides is 2. The van der Waals surface area contributed by atoms with Crippen LogP contribution in [0.3, 0.4) is 0 Å². The van der Waals surface area contributed by atoms with Gasteiger partial charge in [-0.1, -0.05) is 12.1 Å². The van der Waals surface area contributed by atoms with Gasteiger partial charge in [0.1, 0.15) is 11.9 Å². The summed E-state index contributed by atoms with van der Waals surface area (Å²) < 4.78 is 10.9. The van der Waals surface area contributed by atoms with E-state index in [1.807, 2.05) is 25.1 Å². The van der Waals surface area contributed by atoms with Crippen molar-refractivity contribution >= 4 is 28.9 Å². The van der Waals surface area contributed by atoms with E-state index in [0.717, 1.165) is 0 Å². The number of rotatable bonds is 4. The molecule has 0 aromatic heterocycles. The van der Waals surface area contributed by atoms with E-state index in [2.05, 4.69) is 16.0 Å². The highest BCUT2D eigenvalue weighted by Gasteiger charge is 2.23. The highest BCUT2D eigenvalue weighted by atomic mass is 16.6. The van der Waals surface area contributed by atoms with Gasteiger partial charge in [0.15, 0.2) is 0 Å². The van der Waals surface area contributed by atoms with Crippen LogP contribution < -0.4 is 20.7 Å². The molecule has 2 aromatic rings. The molecule has 7 nitrogen and oxygen atoms in total. The van der Waals surface area contributed by atoms with Crippen LogP contribution in [0.5, 0.6) is 5.75 Å². The number of benzene rings is 2. The first-order chi connectivity index (χ1) is 13.1. The predicted octanol–water partition coefficient (Wildman–Crippen LogP) is 2.86. The van der Waals surface area contributed by atoms with Gasteiger partial charge in [-0.2, -0.15) is 0 Å². The summed E-state index contributed by atoms with van der Waals surface area (Å²) in [5.74, 6) is 0.356. The van der Waals surface area contributed by atoms with Crippen LogP contribution in [-0.4, -0.2) is 37.2 Å². The number of hydrogen-bond acceptors (Lipinski definition) is 5. The zero-order chi connectivity index (χ0) is 18.8. The fraction of sp³-hybridized carbons (Fsp3) is 0.300. The van der Waals surface area contributed by atoms with Gasteiger partial charge in [0.05, 0.1) is 30.2 Å². The smallest absolute Gasteiger partial charge is 0.257 e. The number of carbonyl (C=O) groups is 2. The molecule has 2 aliphatic heterocycles. The Bertz CT molecular complexity index is 879. The van der Waals surface area contributed by atoms with Crippen molar-refractivity contribution in [2.75, 3.05) is 29.2 Å². The zero-order valence-electron chi connectivity index (χ0n) is 15.0. The van der Waals surface area contributed by atoms with Crippen molar-refractivity contribution in [2.45, 2.75) is 25.5 Å². The van der Waals surface area contributed by atoms with Gasteiger partial charge in [-0.15, -0.1) is 0 Å². The molecule has 0 spiro atoms. The Kier molecular flexibility index (Phi) is 4.68. The topological polar surface area (TPSA) is 88.7 Å². The molecule has 2 aliphatic rings. The van der Waals surface area contributed by atoms with Gasteiger partial charge in [-0.3, -0.25) is 9.59 Å². The fourth-order valence-corrected chi connectivity index (χ4v) is 3.10. The second kappa shape index (κ2) is 7.28. The molecule has 0 radical (unpaired) electrons. The molecule has 7 heteroatoms. The average Bonchev–Trinajstić information content (AvgIpc) is 2.74. The van der Waals surface area contributed by atoms with Crippen molar-refractivity contribution in [3.05, 3.63) is 48.0 Å². The van der Waals surface area contributed by atoms with Gasteiger partial charge >= 0.3 is 0 Å². The van der Waals surface area contributed by atoms with Gasteiger partial charge in [0.25, 0.3) is 5.91 Å². The molecule has 0 aliphatic carbocycles. The van der Waals surface area contributed by atoms with Crippen LogP contribution in [0.2, 0.25) is 0 Å². The van der Waals surface area contributed by atoms with Crippen LogP contribution in [0.1, 0.15) is 23.7 Å². The lowest BCUT2D eigenvalue weighted by Crippen LogP contribution is -2.38. The Morgan fingerprint density at radius 1 is 1.22 bits per heavy atom. The standard InChI is InChI=1S/C20H21N3O4/c1-12-8-18(24)23-17-7-3-6-16(19(17)21-12)20(25)22-13-4-2-5-14(9-13)27-15-10-26-11-15/h2-7,9,12,15,21H,8,10-11H2,1H3,(H,22,25)(H,23,24)/t12-/m1/s1. The molecule has 140 valence electrons. The summed E-state index contributed by atoms with van der Waals surface area (Å²) >= 11 is 0. The number of carbonyl (C=O) groups excluding carboxylic acids is 2. The molecule has 1 atom stereocenters. The summed E-state index contributed by atoms with van der Waals surface area (Å²) in [4.78, 5) is 24.8. The molecule has 0 unspecified atom stereocenters. The second-order valence-electron chi connectivity index (χ2n) is 6.79. The Hall–Kier alpha value is -3.06. The predicted molar refractivity (Wildman–Crippen MR) is 102 cm³/mol. The Morgan fingerprint density at radius 2 is 2.04 bits per heavy atom. The highest BCUT2D eigenvalue weighted by Crippen LogP contribution is 2.31. The van der Waals surface area contributed by atoms with Gasteiger partial charge in [-0.05, 0) is 31.2 Å². The minimum absolute atomic E-state index is 0.0649. The summed E-state index contributed by atoms with van der Waals surface area (Å²) in [5.41, 5.74) is 2.35. The van der Waals surface area contributed by atoms with Crippen molar-refractivity contribution in [1.29, 1.82) is 0 Å². The van der Waals surface area contributed by atoms with Gasteiger partial charge in [0.2, 0.25) is 5.91 Å². The summed E-state index contributed by atoms with van der Waals surface area (Å²) in [6.07, 6.45) is 0.412. The third kappa shape index (κ3) is 3.88. The van der Waals surface area contributed by atoms with Crippen LogP contribution in [0.15, 0.2) is 42.5 Å². The first kappa shape index (κ1) is 17.4. The number of hydrogen-bond donors (Lipinski definition) is 3. The molecule has 27 heavy (non-hydrogen) atoms. The van der Waals surface area contributed by atoms with Crippen molar-refractivity contribution in [3.63, 3.8) is 0 Å². The van der Waals surface area contributed by atoms with Crippen LogP contribution in [-0.2, 0) is 9.53 Å². The summed E-state index contributed by atoms with van der Waals surface area (Å²) in [5, 5.41) is 9.00. The lowest BCUT2D eigenvalue weighted by Gasteiger charge is -2.26. The van der Waals surface area contributed by atoms with Gasteiger partial charge in [0, 0.05) is 24.2 Å². The van der Waals surface area contributed by atoms with E-state index in [0.29, 0.717) is 48.0 Å². The minimum atomic E-state index is -0.258. The molecule has 4 rings (SSSR count). The number of fused-ring (bicyclic) bond motifs is 1. The Balaban J connectivity index is 1.54. The Morgan fingerprint density at radius 3 is 2.81 bits per heavy atom. The van der Waals surface area contributed by atoms with Gasteiger partial charge < -0.3 is 25.4 Å². The van der Waals surface area contributed by atoms with Crippen molar-refractivity contribution < 1.29 is 19.1 Å². The van der Waals surface area contributed by atoms with E-state index >= 15 is 0 Å². The number of para-hydroxylation sites is 1. The van der Waals surface area contributed by atoms with Crippen molar-refractivity contribution in [3.8, 4) is 5.75 Å². The number of ether oxygens (including phenoxy) is 2. The van der Waals surface area contributed by atoms with E-state index in [4.69, 9.17) is 9.47 Å². The highest BCUT2D eigenvalue weighted by molar-refractivity contribution is 6.11. The third-order valence-electron chi connectivity index (χ3n) is 4.47. The monoisotopic (exact) mass is 367 g/mol. The third-order valence-corrected chi connectivity index (χ3v) is 4.47. The first-order valence-electron chi connectivity index (χ1n) is 8.94. The SMILES string of the molecule is C[C@@H]1CC(=O)Nc2cccc(C(=O)Nc3cccc(OC4COC4)c3)c2N1.